The standard InChI is InChI=1S/C14H15N3O3/c1-3-20-14(19)9(2)17-13(18)10-5-4-6-11-12(10)16-8-7-15-11/h4-9H,3H2,1-2H3,(H,17,18). The number of esters is 1. The van der Waals surface area contributed by atoms with E-state index in [-0.39, 0.29) is 12.5 Å². The molecular weight excluding hydrogens is 258 g/mol. The first kappa shape index (κ1) is 13.9. The SMILES string of the molecule is CCOC(=O)C(C)NC(=O)c1cccc2nccnc12. The van der Waals surface area contributed by atoms with Gasteiger partial charge in [-0.2, -0.15) is 0 Å². The molecule has 0 spiro atoms. The lowest BCUT2D eigenvalue weighted by Crippen LogP contribution is -2.39. The van der Waals surface area contributed by atoms with Gasteiger partial charge in [0.25, 0.3) is 5.91 Å². The number of carbonyl (C=O) groups is 2. The molecule has 0 saturated carbocycles. The molecule has 0 fully saturated rings. The van der Waals surface area contributed by atoms with Crippen LogP contribution in [0.4, 0.5) is 0 Å². The van der Waals surface area contributed by atoms with Crippen molar-refractivity contribution in [3.8, 4) is 0 Å². The van der Waals surface area contributed by atoms with Crippen LogP contribution < -0.4 is 5.32 Å². The number of rotatable bonds is 4. The lowest BCUT2D eigenvalue weighted by molar-refractivity contribution is -0.144. The molecule has 6 heteroatoms. The molecule has 1 heterocycles. The molecule has 1 atom stereocenters. The van der Waals surface area contributed by atoms with Gasteiger partial charge >= 0.3 is 5.97 Å². The minimum atomic E-state index is -0.714. The Hall–Kier alpha value is -2.50. The van der Waals surface area contributed by atoms with Gasteiger partial charge in [-0.25, -0.2) is 4.79 Å². The van der Waals surface area contributed by atoms with Crippen LogP contribution in [-0.4, -0.2) is 34.5 Å². The van der Waals surface area contributed by atoms with E-state index < -0.39 is 12.0 Å². The van der Waals surface area contributed by atoms with E-state index in [1.165, 1.54) is 6.20 Å². The molecule has 0 bridgehead atoms. The Balaban J connectivity index is 2.22. The summed E-state index contributed by atoms with van der Waals surface area (Å²) in [5.41, 5.74) is 1.51. The van der Waals surface area contributed by atoms with Crippen molar-refractivity contribution < 1.29 is 14.3 Å². The van der Waals surface area contributed by atoms with E-state index in [9.17, 15) is 9.59 Å². The van der Waals surface area contributed by atoms with Gasteiger partial charge < -0.3 is 10.1 Å². The Morgan fingerprint density at radius 1 is 1.30 bits per heavy atom. The summed E-state index contributed by atoms with van der Waals surface area (Å²) in [4.78, 5) is 32.0. The lowest BCUT2D eigenvalue weighted by Gasteiger charge is -2.13. The number of hydrogen-bond donors (Lipinski definition) is 1. The highest BCUT2D eigenvalue weighted by molar-refractivity contribution is 6.05. The first-order valence-corrected chi connectivity index (χ1v) is 6.30. The van der Waals surface area contributed by atoms with Gasteiger partial charge in [0.05, 0.1) is 17.7 Å². The highest BCUT2D eigenvalue weighted by atomic mass is 16.5. The topological polar surface area (TPSA) is 81.2 Å². The quantitative estimate of drug-likeness (QED) is 0.849. The van der Waals surface area contributed by atoms with Crippen LogP contribution >= 0.6 is 0 Å². The Labute approximate surface area is 116 Å². The lowest BCUT2D eigenvalue weighted by atomic mass is 10.1. The molecule has 1 aromatic heterocycles. The fraction of sp³-hybridized carbons (Fsp3) is 0.286. The third-order valence-electron chi connectivity index (χ3n) is 2.73. The summed E-state index contributed by atoms with van der Waals surface area (Å²) in [6.07, 6.45) is 3.08. The van der Waals surface area contributed by atoms with E-state index in [0.717, 1.165) is 0 Å². The van der Waals surface area contributed by atoms with Crippen LogP contribution in [0.5, 0.6) is 0 Å². The molecule has 6 nitrogen and oxygen atoms in total. The van der Waals surface area contributed by atoms with Crippen molar-refractivity contribution in [2.75, 3.05) is 6.61 Å². The van der Waals surface area contributed by atoms with Crippen LogP contribution in [0.15, 0.2) is 30.6 Å². The molecule has 1 amide bonds. The summed E-state index contributed by atoms with van der Waals surface area (Å²) >= 11 is 0. The molecule has 1 aromatic carbocycles. The fourth-order valence-corrected chi connectivity index (χ4v) is 1.78. The Kier molecular flexibility index (Phi) is 4.24. The van der Waals surface area contributed by atoms with E-state index in [2.05, 4.69) is 15.3 Å². The minimum absolute atomic E-state index is 0.277. The Morgan fingerprint density at radius 3 is 2.80 bits per heavy atom. The predicted octanol–water partition coefficient (Wildman–Crippen LogP) is 1.31. The molecule has 0 aliphatic heterocycles. The van der Waals surface area contributed by atoms with Gasteiger partial charge in [-0.1, -0.05) is 6.07 Å². The predicted molar refractivity (Wildman–Crippen MR) is 73.1 cm³/mol. The van der Waals surface area contributed by atoms with Crippen molar-refractivity contribution >= 4 is 22.9 Å². The first-order chi connectivity index (χ1) is 9.63. The van der Waals surface area contributed by atoms with Gasteiger partial charge in [0.15, 0.2) is 0 Å². The van der Waals surface area contributed by atoms with Crippen molar-refractivity contribution in [1.82, 2.24) is 15.3 Å². The number of benzene rings is 1. The molecule has 0 aliphatic rings. The summed E-state index contributed by atoms with van der Waals surface area (Å²) in [6.45, 7) is 3.57. The first-order valence-electron chi connectivity index (χ1n) is 6.30. The number of hydrogen-bond acceptors (Lipinski definition) is 5. The number of para-hydroxylation sites is 1. The van der Waals surface area contributed by atoms with E-state index >= 15 is 0 Å². The van der Waals surface area contributed by atoms with Gasteiger partial charge in [0, 0.05) is 12.4 Å². The number of carbonyl (C=O) groups excluding carboxylic acids is 2. The molecule has 1 N–H and O–H groups in total. The van der Waals surface area contributed by atoms with Crippen molar-refractivity contribution in [2.45, 2.75) is 19.9 Å². The number of aromatic nitrogens is 2. The average molecular weight is 273 g/mol. The smallest absolute Gasteiger partial charge is 0.328 e. The second kappa shape index (κ2) is 6.10. The normalized spacial score (nSPS) is 11.9. The highest BCUT2D eigenvalue weighted by Gasteiger charge is 2.19. The van der Waals surface area contributed by atoms with E-state index in [1.54, 1.807) is 38.2 Å². The van der Waals surface area contributed by atoms with Crippen LogP contribution in [0, 0.1) is 0 Å². The van der Waals surface area contributed by atoms with Gasteiger partial charge in [0.1, 0.15) is 11.6 Å². The maximum absolute atomic E-state index is 12.2. The second-order valence-electron chi connectivity index (χ2n) is 4.18. The zero-order chi connectivity index (χ0) is 14.5. The minimum Gasteiger partial charge on any atom is -0.464 e. The number of nitrogens with zero attached hydrogens (tertiary/aromatic N) is 2. The van der Waals surface area contributed by atoms with Crippen LogP contribution in [-0.2, 0) is 9.53 Å². The van der Waals surface area contributed by atoms with Crippen molar-refractivity contribution in [1.29, 1.82) is 0 Å². The molecule has 104 valence electrons. The summed E-state index contributed by atoms with van der Waals surface area (Å²) < 4.78 is 4.85. The summed E-state index contributed by atoms with van der Waals surface area (Å²) in [7, 11) is 0. The molecular formula is C14H15N3O3. The van der Waals surface area contributed by atoms with Crippen molar-refractivity contribution in [3.63, 3.8) is 0 Å². The fourth-order valence-electron chi connectivity index (χ4n) is 1.78. The molecule has 2 rings (SSSR count). The second-order valence-corrected chi connectivity index (χ2v) is 4.18. The van der Waals surface area contributed by atoms with Crippen LogP contribution in [0.3, 0.4) is 0 Å². The summed E-state index contributed by atoms with van der Waals surface area (Å²) in [5.74, 6) is -0.844. The maximum atomic E-state index is 12.2. The van der Waals surface area contributed by atoms with Gasteiger partial charge in [-0.05, 0) is 26.0 Å². The third-order valence-corrected chi connectivity index (χ3v) is 2.73. The zero-order valence-electron chi connectivity index (χ0n) is 11.3. The monoisotopic (exact) mass is 273 g/mol. The van der Waals surface area contributed by atoms with Crippen LogP contribution in [0.25, 0.3) is 11.0 Å². The average Bonchev–Trinajstić information content (AvgIpc) is 2.46. The van der Waals surface area contributed by atoms with Gasteiger partial charge in [-0.3, -0.25) is 14.8 Å². The highest BCUT2D eigenvalue weighted by Crippen LogP contribution is 2.13. The van der Waals surface area contributed by atoms with Crippen LogP contribution in [0.1, 0.15) is 24.2 Å². The number of fused-ring (bicyclic) bond motifs is 1. The molecule has 1 unspecified atom stereocenters. The molecule has 0 radical (unpaired) electrons. The molecule has 2 aromatic rings. The Bertz CT molecular complexity index is 637. The molecule has 20 heavy (non-hydrogen) atoms. The molecule has 0 saturated heterocycles. The summed E-state index contributed by atoms with van der Waals surface area (Å²) in [5, 5.41) is 2.59. The third kappa shape index (κ3) is 2.90. The van der Waals surface area contributed by atoms with Crippen molar-refractivity contribution in [3.05, 3.63) is 36.2 Å². The van der Waals surface area contributed by atoms with E-state index in [0.29, 0.717) is 16.6 Å². The van der Waals surface area contributed by atoms with Gasteiger partial charge in [-0.15, -0.1) is 0 Å². The Morgan fingerprint density at radius 2 is 2.05 bits per heavy atom. The number of nitrogens with one attached hydrogen (secondary N) is 1. The van der Waals surface area contributed by atoms with Crippen molar-refractivity contribution in [2.24, 2.45) is 0 Å². The number of amides is 1. The molecule has 0 aliphatic carbocycles. The van der Waals surface area contributed by atoms with Crippen LogP contribution in [0.2, 0.25) is 0 Å². The van der Waals surface area contributed by atoms with Gasteiger partial charge in [0.2, 0.25) is 0 Å². The summed E-state index contributed by atoms with van der Waals surface area (Å²) in [6, 6.07) is 4.42. The largest absolute Gasteiger partial charge is 0.464 e. The van der Waals surface area contributed by atoms with E-state index in [4.69, 9.17) is 4.74 Å². The maximum Gasteiger partial charge on any atom is 0.328 e. The zero-order valence-corrected chi connectivity index (χ0v) is 11.3. The van der Waals surface area contributed by atoms with E-state index in [1.807, 2.05) is 0 Å². The number of ether oxygens (including phenoxy) is 1.